The van der Waals surface area contributed by atoms with Crippen molar-refractivity contribution in [3.63, 3.8) is 0 Å². The van der Waals surface area contributed by atoms with E-state index in [-0.39, 0.29) is 11.8 Å². The van der Waals surface area contributed by atoms with Gasteiger partial charge in [0, 0.05) is 44.2 Å². The molecular formula is C18H24N6O. The molecule has 0 atom stereocenters. The molecule has 1 amide bonds. The molecule has 2 aromatic rings. The van der Waals surface area contributed by atoms with E-state index in [1.165, 1.54) is 24.1 Å². The highest BCUT2D eigenvalue weighted by molar-refractivity contribution is 5.82. The van der Waals surface area contributed by atoms with E-state index in [1.54, 1.807) is 0 Å². The molecule has 1 saturated heterocycles. The second-order valence-electron chi connectivity index (χ2n) is 7.50. The van der Waals surface area contributed by atoms with Gasteiger partial charge in [-0.15, -0.1) is 0 Å². The Morgan fingerprint density at radius 1 is 1.28 bits per heavy atom. The monoisotopic (exact) mass is 340 g/mol. The van der Waals surface area contributed by atoms with Crippen LogP contribution in [0.15, 0.2) is 12.3 Å². The third-order valence-corrected chi connectivity index (χ3v) is 5.60. The summed E-state index contributed by atoms with van der Waals surface area (Å²) in [5, 5.41) is 11.1. The van der Waals surface area contributed by atoms with Crippen molar-refractivity contribution >= 4 is 17.4 Å². The highest BCUT2D eigenvalue weighted by Crippen LogP contribution is 2.32. The lowest BCUT2D eigenvalue weighted by atomic mass is 9.97. The molecule has 25 heavy (non-hydrogen) atoms. The molecule has 0 radical (unpaired) electrons. The van der Waals surface area contributed by atoms with Gasteiger partial charge in [0.1, 0.15) is 5.82 Å². The summed E-state index contributed by atoms with van der Waals surface area (Å²) in [6.07, 6.45) is 6.26. The van der Waals surface area contributed by atoms with Crippen LogP contribution >= 0.6 is 0 Å². The number of aromatic nitrogens is 3. The SMILES string of the molecule is O=C(NCC1CC1)C1CN(c2c3c(nc4ccnn24)CCNCC3)C1. The Hall–Kier alpha value is -2.15. The second kappa shape index (κ2) is 5.98. The van der Waals surface area contributed by atoms with Gasteiger partial charge in [-0.1, -0.05) is 0 Å². The van der Waals surface area contributed by atoms with Crippen molar-refractivity contribution in [2.24, 2.45) is 11.8 Å². The number of amides is 1. The molecule has 1 saturated carbocycles. The first-order valence-electron chi connectivity index (χ1n) is 9.38. The smallest absolute Gasteiger partial charge is 0.226 e. The van der Waals surface area contributed by atoms with Crippen molar-refractivity contribution in [3.8, 4) is 0 Å². The molecule has 4 heterocycles. The van der Waals surface area contributed by atoms with Gasteiger partial charge < -0.3 is 15.5 Å². The molecule has 0 spiro atoms. The molecule has 0 unspecified atom stereocenters. The molecule has 3 aliphatic rings. The Morgan fingerprint density at radius 2 is 2.12 bits per heavy atom. The molecule has 2 aromatic heterocycles. The second-order valence-corrected chi connectivity index (χ2v) is 7.50. The van der Waals surface area contributed by atoms with Crippen LogP contribution in [0.5, 0.6) is 0 Å². The van der Waals surface area contributed by atoms with Crippen LogP contribution in [-0.4, -0.2) is 53.2 Å². The fraction of sp³-hybridized carbons (Fsp3) is 0.611. The zero-order valence-electron chi connectivity index (χ0n) is 14.4. The van der Waals surface area contributed by atoms with Gasteiger partial charge in [-0.05, 0) is 31.7 Å². The van der Waals surface area contributed by atoms with Crippen LogP contribution in [0.4, 0.5) is 5.82 Å². The van der Waals surface area contributed by atoms with E-state index in [1.807, 2.05) is 16.8 Å². The molecule has 5 rings (SSSR count). The Bertz CT molecular complexity index is 805. The standard InChI is InChI=1S/C18H24N6O/c25-17(20-9-12-1-2-12)13-10-23(11-13)18-14-3-6-19-7-4-15(14)22-16-5-8-21-24(16)18/h5,8,12-13,19H,1-4,6-7,9-11H2,(H,20,25). The summed E-state index contributed by atoms with van der Waals surface area (Å²) in [5.41, 5.74) is 3.37. The lowest BCUT2D eigenvalue weighted by Crippen LogP contribution is -2.55. The third kappa shape index (κ3) is 2.76. The van der Waals surface area contributed by atoms with Crippen LogP contribution in [0.25, 0.3) is 5.65 Å². The number of carbonyl (C=O) groups is 1. The first-order valence-corrected chi connectivity index (χ1v) is 9.38. The van der Waals surface area contributed by atoms with E-state index >= 15 is 0 Å². The first-order chi connectivity index (χ1) is 12.3. The summed E-state index contributed by atoms with van der Waals surface area (Å²) >= 11 is 0. The van der Waals surface area contributed by atoms with E-state index in [0.29, 0.717) is 0 Å². The lowest BCUT2D eigenvalue weighted by molar-refractivity contribution is -0.125. The van der Waals surface area contributed by atoms with Crippen LogP contribution < -0.4 is 15.5 Å². The van der Waals surface area contributed by atoms with Crippen LogP contribution in [-0.2, 0) is 17.6 Å². The summed E-state index contributed by atoms with van der Waals surface area (Å²) in [7, 11) is 0. The van der Waals surface area contributed by atoms with Crippen molar-refractivity contribution in [2.75, 3.05) is 37.6 Å². The predicted molar refractivity (Wildman–Crippen MR) is 94.7 cm³/mol. The highest BCUT2D eigenvalue weighted by Gasteiger charge is 2.36. The fourth-order valence-corrected chi connectivity index (χ4v) is 3.87. The molecule has 7 nitrogen and oxygen atoms in total. The maximum atomic E-state index is 12.3. The van der Waals surface area contributed by atoms with Gasteiger partial charge in [0.15, 0.2) is 5.65 Å². The number of nitrogens with one attached hydrogen (secondary N) is 2. The summed E-state index contributed by atoms with van der Waals surface area (Å²) in [5.74, 6) is 2.17. The van der Waals surface area contributed by atoms with Gasteiger partial charge >= 0.3 is 0 Å². The van der Waals surface area contributed by atoms with Gasteiger partial charge in [0.25, 0.3) is 0 Å². The van der Waals surface area contributed by atoms with Gasteiger partial charge in [0.2, 0.25) is 5.91 Å². The molecule has 7 heteroatoms. The third-order valence-electron chi connectivity index (χ3n) is 5.60. The Morgan fingerprint density at radius 3 is 2.96 bits per heavy atom. The van der Waals surface area contributed by atoms with E-state index < -0.39 is 0 Å². The summed E-state index contributed by atoms with van der Waals surface area (Å²) in [4.78, 5) is 19.4. The average molecular weight is 340 g/mol. The minimum atomic E-state index is 0.0945. The Kier molecular flexibility index (Phi) is 3.62. The van der Waals surface area contributed by atoms with Gasteiger partial charge in [-0.25, -0.2) is 4.98 Å². The molecule has 132 valence electrons. The van der Waals surface area contributed by atoms with E-state index in [0.717, 1.165) is 62.9 Å². The number of anilines is 1. The lowest BCUT2D eigenvalue weighted by Gasteiger charge is -2.41. The maximum Gasteiger partial charge on any atom is 0.226 e. The van der Waals surface area contributed by atoms with Crippen LogP contribution in [0.2, 0.25) is 0 Å². The molecule has 2 fully saturated rings. The Labute approximate surface area is 146 Å². The zero-order chi connectivity index (χ0) is 16.8. The molecule has 1 aliphatic carbocycles. The molecule has 0 aromatic carbocycles. The average Bonchev–Trinajstić information content (AvgIpc) is 3.32. The maximum absolute atomic E-state index is 12.3. The van der Waals surface area contributed by atoms with Gasteiger partial charge in [-0.2, -0.15) is 9.61 Å². The van der Waals surface area contributed by atoms with Crippen LogP contribution in [0.3, 0.4) is 0 Å². The molecular weight excluding hydrogens is 316 g/mol. The number of rotatable bonds is 4. The molecule has 2 N–H and O–H groups in total. The van der Waals surface area contributed by atoms with Crippen molar-refractivity contribution in [2.45, 2.75) is 25.7 Å². The zero-order valence-corrected chi connectivity index (χ0v) is 14.4. The van der Waals surface area contributed by atoms with Crippen molar-refractivity contribution in [1.82, 2.24) is 25.2 Å². The van der Waals surface area contributed by atoms with Gasteiger partial charge in [-0.3, -0.25) is 4.79 Å². The van der Waals surface area contributed by atoms with Crippen molar-refractivity contribution in [1.29, 1.82) is 0 Å². The first kappa shape index (κ1) is 15.1. The van der Waals surface area contributed by atoms with E-state index in [4.69, 9.17) is 4.98 Å². The quantitative estimate of drug-likeness (QED) is 0.842. The number of hydrogen-bond acceptors (Lipinski definition) is 5. The number of fused-ring (bicyclic) bond motifs is 2. The molecule has 2 aliphatic heterocycles. The fourth-order valence-electron chi connectivity index (χ4n) is 3.87. The Balaban J connectivity index is 1.38. The number of nitrogens with zero attached hydrogens (tertiary/aromatic N) is 4. The number of hydrogen-bond donors (Lipinski definition) is 2. The summed E-state index contributed by atoms with van der Waals surface area (Å²) < 4.78 is 1.95. The van der Waals surface area contributed by atoms with Crippen LogP contribution in [0.1, 0.15) is 24.1 Å². The predicted octanol–water partition coefficient (Wildman–Crippen LogP) is 0.380. The topological polar surface area (TPSA) is 74.6 Å². The van der Waals surface area contributed by atoms with E-state index in [2.05, 4.69) is 20.6 Å². The number of carbonyl (C=O) groups excluding carboxylic acids is 1. The minimum Gasteiger partial charge on any atom is -0.355 e. The van der Waals surface area contributed by atoms with Gasteiger partial charge in [0.05, 0.1) is 17.8 Å². The highest BCUT2D eigenvalue weighted by atomic mass is 16.2. The van der Waals surface area contributed by atoms with Crippen LogP contribution in [0, 0.1) is 11.8 Å². The molecule has 0 bridgehead atoms. The minimum absolute atomic E-state index is 0.0945. The van der Waals surface area contributed by atoms with Crippen molar-refractivity contribution < 1.29 is 4.79 Å². The van der Waals surface area contributed by atoms with Crippen molar-refractivity contribution in [3.05, 3.63) is 23.5 Å². The largest absolute Gasteiger partial charge is 0.355 e. The summed E-state index contributed by atoms with van der Waals surface area (Å²) in [6.45, 7) is 4.34. The summed E-state index contributed by atoms with van der Waals surface area (Å²) in [6, 6.07) is 1.96. The van der Waals surface area contributed by atoms with E-state index in [9.17, 15) is 4.79 Å². The normalized spacial score (nSPS) is 20.9.